The highest BCUT2D eigenvalue weighted by atomic mass is 79.9. The van der Waals surface area contributed by atoms with E-state index in [1.165, 1.54) is 25.6 Å². The summed E-state index contributed by atoms with van der Waals surface area (Å²) in [5, 5.41) is 1.67. The number of hydrogen-bond acceptors (Lipinski definition) is 12. The van der Waals surface area contributed by atoms with Gasteiger partial charge in [0.25, 0.3) is 10.0 Å². The third-order valence-electron chi connectivity index (χ3n) is 5.16. The fraction of sp³-hybridized carbons (Fsp3) is 0.120. The Morgan fingerprint density at radius 2 is 1.65 bits per heavy atom. The summed E-state index contributed by atoms with van der Waals surface area (Å²) in [5.74, 6) is 0.703. The van der Waals surface area contributed by atoms with Gasteiger partial charge in [-0.15, -0.1) is 11.3 Å². The van der Waals surface area contributed by atoms with Gasteiger partial charge in [0.2, 0.25) is 11.7 Å². The summed E-state index contributed by atoms with van der Waals surface area (Å²) in [4.78, 5) is 25.7. The van der Waals surface area contributed by atoms with E-state index in [4.69, 9.17) is 14.2 Å². The molecule has 0 atom stereocenters. The number of rotatable bonds is 11. The SMILES string of the molecule is COc1ccccc1-c1c(NS(=O)(=O)c2cccs2)nc(-c2ncccn2)nc1OCCOc1ncc(Br)cn1. The van der Waals surface area contributed by atoms with Crippen LogP contribution in [-0.2, 0) is 10.0 Å². The van der Waals surface area contributed by atoms with E-state index < -0.39 is 10.0 Å². The standard InChI is InChI=1S/C25H20BrN7O5S2/c1-36-18-7-3-2-6-17(18)20-21(33-40(34,35)19-8-4-13-39-19)31-23(22-27-9-5-10-28-22)32-24(20)37-11-12-38-25-29-14-16(26)15-30-25/h2-10,13-15H,11-12H2,1H3,(H,31,32,33). The summed E-state index contributed by atoms with van der Waals surface area (Å²) < 4.78 is 47.2. The molecule has 0 aliphatic heterocycles. The van der Waals surface area contributed by atoms with E-state index in [1.54, 1.807) is 54.2 Å². The molecule has 0 bridgehead atoms. The van der Waals surface area contributed by atoms with Gasteiger partial charge in [-0.05, 0) is 39.5 Å². The zero-order chi connectivity index (χ0) is 28.0. The Morgan fingerprint density at radius 3 is 2.38 bits per heavy atom. The number of ether oxygens (including phenoxy) is 3. The first-order valence-corrected chi connectivity index (χ1v) is 14.7. The molecule has 12 nitrogen and oxygen atoms in total. The van der Waals surface area contributed by atoms with Crippen molar-refractivity contribution in [2.45, 2.75) is 4.21 Å². The lowest BCUT2D eigenvalue weighted by molar-refractivity contribution is 0.202. The number of hydrogen-bond donors (Lipinski definition) is 1. The van der Waals surface area contributed by atoms with Gasteiger partial charge in [-0.25, -0.2) is 33.3 Å². The molecule has 40 heavy (non-hydrogen) atoms. The third-order valence-corrected chi connectivity index (χ3v) is 8.30. The number of methoxy groups -OCH3 is 1. The van der Waals surface area contributed by atoms with Crippen LogP contribution in [0.15, 0.2) is 81.3 Å². The average Bonchev–Trinajstić information content (AvgIpc) is 3.53. The summed E-state index contributed by atoms with van der Waals surface area (Å²) >= 11 is 4.35. The van der Waals surface area contributed by atoms with Crippen molar-refractivity contribution in [3.05, 3.63) is 77.1 Å². The van der Waals surface area contributed by atoms with Crippen molar-refractivity contribution in [2.24, 2.45) is 0 Å². The Labute approximate surface area is 241 Å². The lowest BCUT2D eigenvalue weighted by atomic mass is 10.1. The summed E-state index contributed by atoms with van der Waals surface area (Å²) in [6, 6.07) is 12.0. The second-order valence-electron chi connectivity index (χ2n) is 7.77. The van der Waals surface area contributed by atoms with Gasteiger partial charge in [0, 0.05) is 30.4 Å². The maximum absolute atomic E-state index is 13.3. The predicted octanol–water partition coefficient (Wildman–Crippen LogP) is 4.48. The van der Waals surface area contributed by atoms with Crippen molar-refractivity contribution in [3.63, 3.8) is 0 Å². The van der Waals surface area contributed by atoms with Crippen LogP contribution in [0, 0.1) is 0 Å². The summed E-state index contributed by atoms with van der Waals surface area (Å²) in [6.45, 7) is 0.0925. The minimum atomic E-state index is -4.00. The topological polar surface area (TPSA) is 151 Å². The van der Waals surface area contributed by atoms with Crippen LogP contribution in [0.4, 0.5) is 5.82 Å². The molecule has 5 rings (SSSR count). The Hall–Kier alpha value is -4.21. The second kappa shape index (κ2) is 12.3. The van der Waals surface area contributed by atoms with Crippen molar-refractivity contribution in [3.8, 4) is 40.4 Å². The van der Waals surface area contributed by atoms with Gasteiger partial charge in [0.1, 0.15) is 23.2 Å². The van der Waals surface area contributed by atoms with Crippen LogP contribution in [0.25, 0.3) is 22.8 Å². The van der Waals surface area contributed by atoms with Crippen molar-refractivity contribution < 1.29 is 22.6 Å². The number of halogens is 1. The highest BCUT2D eigenvalue weighted by Crippen LogP contribution is 2.41. The Morgan fingerprint density at radius 1 is 0.900 bits per heavy atom. The molecule has 0 spiro atoms. The maximum Gasteiger partial charge on any atom is 0.316 e. The zero-order valence-corrected chi connectivity index (χ0v) is 24.0. The third kappa shape index (κ3) is 6.32. The molecule has 0 fully saturated rings. The monoisotopic (exact) mass is 641 g/mol. The number of aromatic nitrogens is 6. The van der Waals surface area contributed by atoms with E-state index in [0.29, 0.717) is 15.8 Å². The summed E-state index contributed by atoms with van der Waals surface area (Å²) in [5.41, 5.74) is 0.763. The average molecular weight is 643 g/mol. The summed E-state index contributed by atoms with van der Waals surface area (Å²) in [7, 11) is -2.50. The van der Waals surface area contributed by atoms with E-state index in [0.717, 1.165) is 11.3 Å². The van der Waals surface area contributed by atoms with Crippen LogP contribution in [0.2, 0.25) is 0 Å². The van der Waals surface area contributed by atoms with Gasteiger partial charge in [-0.1, -0.05) is 24.3 Å². The van der Waals surface area contributed by atoms with Gasteiger partial charge in [-0.2, -0.15) is 4.98 Å². The van der Waals surface area contributed by atoms with E-state index >= 15 is 0 Å². The second-order valence-corrected chi connectivity index (χ2v) is 11.5. The number of nitrogens with one attached hydrogen (secondary N) is 1. The molecule has 15 heteroatoms. The fourth-order valence-corrected chi connectivity index (χ4v) is 5.68. The Kier molecular flexibility index (Phi) is 8.42. The number of anilines is 1. The summed E-state index contributed by atoms with van der Waals surface area (Å²) in [6.07, 6.45) is 6.18. The lowest BCUT2D eigenvalue weighted by Crippen LogP contribution is -2.17. The largest absolute Gasteiger partial charge is 0.496 e. The molecular weight excluding hydrogens is 622 g/mol. The number of para-hydroxylation sites is 1. The molecule has 4 heterocycles. The molecule has 0 saturated heterocycles. The van der Waals surface area contributed by atoms with Crippen molar-refractivity contribution in [1.29, 1.82) is 0 Å². The van der Waals surface area contributed by atoms with Crippen LogP contribution < -0.4 is 18.9 Å². The first-order valence-electron chi connectivity index (χ1n) is 11.6. The maximum atomic E-state index is 13.3. The molecule has 4 aromatic heterocycles. The number of nitrogens with zero attached hydrogens (tertiary/aromatic N) is 6. The fourth-order valence-electron chi connectivity index (χ4n) is 3.47. The zero-order valence-electron chi connectivity index (χ0n) is 20.8. The van der Waals surface area contributed by atoms with Crippen molar-refractivity contribution in [2.75, 3.05) is 25.0 Å². The van der Waals surface area contributed by atoms with Crippen LogP contribution in [-0.4, -0.2) is 58.6 Å². The molecule has 0 radical (unpaired) electrons. The molecule has 0 aliphatic rings. The van der Waals surface area contributed by atoms with Crippen LogP contribution in [0.1, 0.15) is 0 Å². The van der Waals surface area contributed by atoms with Gasteiger partial charge in [0.05, 0.1) is 17.1 Å². The Bertz CT molecular complexity index is 1690. The number of sulfonamides is 1. The van der Waals surface area contributed by atoms with Crippen molar-refractivity contribution in [1.82, 2.24) is 29.9 Å². The van der Waals surface area contributed by atoms with E-state index in [-0.39, 0.29) is 52.3 Å². The molecule has 0 saturated carbocycles. The first-order chi connectivity index (χ1) is 19.4. The molecule has 0 aliphatic carbocycles. The van der Waals surface area contributed by atoms with E-state index in [2.05, 4.69) is 50.6 Å². The van der Waals surface area contributed by atoms with Crippen molar-refractivity contribution >= 4 is 43.1 Å². The number of benzene rings is 1. The van der Waals surface area contributed by atoms with Gasteiger partial charge < -0.3 is 14.2 Å². The molecule has 204 valence electrons. The molecule has 0 amide bonds. The van der Waals surface area contributed by atoms with Gasteiger partial charge in [-0.3, -0.25) is 4.72 Å². The lowest BCUT2D eigenvalue weighted by Gasteiger charge is -2.18. The van der Waals surface area contributed by atoms with Gasteiger partial charge in [0.15, 0.2) is 11.6 Å². The number of thiophene rings is 1. The van der Waals surface area contributed by atoms with Crippen LogP contribution in [0.3, 0.4) is 0 Å². The Balaban J connectivity index is 1.59. The molecule has 0 unspecified atom stereocenters. The highest BCUT2D eigenvalue weighted by molar-refractivity contribution is 9.10. The quantitative estimate of drug-likeness (QED) is 0.203. The molecule has 1 N–H and O–H groups in total. The molecular formula is C25H20BrN7O5S2. The molecule has 1 aromatic carbocycles. The van der Waals surface area contributed by atoms with Gasteiger partial charge >= 0.3 is 6.01 Å². The highest BCUT2D eigenvalue weighted by Gasteiger charge is 2.26. The first kappa shape index (κ1) is 27.4. The van der Waals surface area contributed by atoms with Crippen LogP contribution >= 0.6 is 27.3 Å². The van der Waals surface area contributed by atoms with Crippen LogP contribution in [0.5, 0.6) is 17.6 Å². The smallest absolute Gasteiger partial charge is 0.316 e. The van der Waals surface area contributed by atoms with E-state index in [9.17, 15) is 8.42 Å². The normalized spacial score (nSPS) is 11.2. The molecule has 5 aromatic rings. The van der Waals surface area contributed by atoms with E-state index in [1.807, 2.05) is 0 Å². The predicted molar refractivity (Wildman–Crippen MR) is 151 cm³/mol. The minimum absolute atomic E-state index is 0.0186. The minimum Gasteiger partial charge on any atom is -0.496 e.